The molecular formula is C20H23N5. The monoisotopic (exact) mass is 333 g/mol. The van der Waals surface area contributed by atoms with Crippen LogP contribution in [0.25, 0.3) is 16.6 Å². The van der Waals surface area contributed by atoms with Crippen molar-refractivity contribution in [3.05, 3.63) is 59.9 Å². The minimum Gasteiger partial charge on any atom is -0.346 e. The van der Waals surface area contributed by atoms with E-state index in [0.29, 0.717) is 5.92 Å². The molecule has 4 heterocycles. The van der Waals surface area contributed by atoms with Crippen LogP contribution in [0.2, 0.25) is 0 Å². The van der Waals surface area contributed by atoms with Gasteiger partial charge in [-0.1, -0.05) is 13.0 Å². The van der Waals surface area contributed by atoms with Crippen molar-refractivity contribution >= 4 is 16.6 Å². The average Bonchev–Trinajstić information content (AvgIpc) is 3.05. The van der Waals surface area contributed by atoms with Crippen LogP contribution in [-0.2, 0) is 6.42 Å². The second-order valence-corrected chi connectivity index (χ2v) is 6.89. The highest BCUT2D eigenvalue weighted by Crippen LogP contribution is 2.28. The van der Waals surface area contributed by atoms with E-state index in [0.717, 1.165) is 37.5 Å². The van der Waals surface area contributed by atoms with E-state index in [-0.39, 0.29) is 0 Å². The van der Waals surface area contributed by atoms with Gasteiger partial charge in [-0.05, 0) is 42.5 Å². The Morgan fingerprint density at radius 3 is 2.92 bits per heavy atom. The number of aromatic amines is 1. The van der Waals surface area contributed by atoms with Gasteiger partial charge < -0.3 is 4.98 Å². The molecule has 1 aliphatic rings. The lowest BCUT2D eigenvalue weighted by atomic mass is 9.96. The molecule has 0 saturated heterocycles. The molecule has 0 radical (unpaired) electrons. The molecule has 0 bridgehead atoms. The van der Waals surface area contributed by atoms with Crippen molar-refractivity contribution < 1.29 is 0 Å². The van der Waals surface area contributed by atoms with Gasteiger partial charge in [0.05, 0.1) is 0 Å². The van der Waals surface area contributed by atoms with E-state index in [1.165, 1.54) is 22.1 Å². The molecule has 1 atom stereocenters. The van der Waals surface area contributed by atoms with Crippen molar-refractivity contribution in [2.75, 3.05) is 19.6 Å². The SMILES string of the molecule is Cc1ncc(CCN2CC(c3c[nH]c4ncccc34)=C[C@H](C)C2)cn1. The molecule has 0 saturated carbocycles. The van der Waals surface area contributed by atoms with Crippen LogP contribution in [0, 0.1) is 12.8 Å². The average molecular weight is 333 g/mol. The molecule has 0 amide bonds. The topological polar surface area (TPSA) is 57.7 Å². The second kappa shape index (κ2) is 6.76. The maximum absolute atomic E-state index is 4.41. The van der Waals surface area contributed by atoms with E-state index in [2.05, 4.69) is 50.1 Å². The summed E-state index contributed by atoms with van der Waals surface area (Å²) >= 11 is 0. The number of aryl methyl sites for hydroxylation is 1. The first kappa shape index (κ1) is 16.0. The maximum Gasteiger partial charge on any atom is 0.137 e. The van der Waals surface area contributed by atoms with E-state index in [4.69, 9.17) is 0 Å². The van der Waals surface area contributed by atoms with Gasteiger partial charge in [-0.25, -0.2) is 15.0 Å². The van der Waals surface area contributed by atoms with E-state index >= 15 is 0 Å². The Balaban J connectivity index is 1.50. The van der Waals surface area contributed by atoms with Crippen LogP contribution in [0.3, 0.4) is 0 Å². The van der Waals surface area contributed by atoms with Gasteiger partial charge in [0.1, 0.15) is 11.5 Å². The number of nitrogens with zero attached hydrogens (tertiary/aromatic N) is 4. The van der Waals surface area contributed by atoms with Crippen LogP contribution in [0.5, 0.6) is 0 Å². The molecular weight excluding hydrogens is 310 g/mol. The van der Waals surface area contributed by atoms with Gasteiger partial charge in [0.25, 0.3) is 0 Å². The third-order valence-electron chi connectivity index (χ3n) is 4.77. The second-order valence-electron chi connectivity index (χ2n) is 6.89. The highest BCUT2D eigenvalue weighted by Gasteiger charge is 2.20. The summed E-state index contributed by atoms with van der Waals surface area (Å²) in [5.41, 5.74) is 4.82. The summed E-state index contributed by atoms with van der Waals surface area (Å²) in [5, 5.41) is 1.20. The van der Waals surface area contributed by atoms with Crippen LogP contribution < -0.4 is 0 Å². The van der Waals surface area contributed by atoms with Crippen molar-refractivity contribution in [2.45, 2.75) is 20.3 Å². The summed E-state index contributed by atoms with van der Waals surface area (Å²) in [5.74, 6) is 1.37. The zero-order valence-electron chi connectivity index (χ0n) is 14.7. The van der Waals surface area contributed by atoms with Crippen LogP contribution >= 0.6 is 0 Å². The summed E-state index contributed by atoms with van der Waals surface area (Å²) in [6.07, 6.45) is 11.2. The van der Waals surface area contributed by atoms with Gasteiger partial charge >= 0.3 is 0 Å². The molecule has 3 aromatic rings. The standard InChI is InChI=1S/C20H23N5/c1-14-8-17(19-11-24-20-18(19)4-3-6-21-20)13-25(12-14)7-5-16-9-22-15(2)23-10-16/h3-4,6,8-11,14H,5,7,12-13H2,1-2H3,(H,21,24)/t14-/m0/s1. The highest BCUT2D eigenvalue weighted by molar-refractivity contribution is 5.91. The van der Waals surface area contributed by atoms with Gasteiger partial charge in [-0.3, -0.25) is 4.90 Å². The molecule has 1 aliphatic heterocycles. The quantitative estimate of drug-likeness (QED) is 0.796. The number of fused-ring (bicyclic) bond motifs is 1. The fourth-order valence-corrected chi connectivity index (χ4v) is 3.56. The largest absolute Gasteiger partial charge is 0.346 e. The first-order valence-electron chi connectivity index (χ1n) is 8.82. The highest BCUT2D eigenvalue weighted by atomic mass is 15.1. The molecule has 4 rings (SSSR count). The van der Waals surface area contributed by atoms with Crippen molar-refractivity contribution in [1.29, 1.82) is 0 Å². The molecule has 0 aromatic carbocycles. The first-order chi connectivity index (χ1) is 12.2. The lowest BCUT2D eigenvalue weighted by molar-refractivity contribution is 0.275. The van der Waals surface area contributed by atoms with Gasteiger partial charge in [0.15, 0.2) is 0 Å². The van der Waals surface area contributed by atoms with Gasteiger partial charge in [-0.15, -0.1) is 0 Å². The fraction of sp³-hybridized carbons (Fsp3) is 0.350. The molecule has 0 fully saturated rings. The summed E-state index contributed by atoms with van der Waals surface area (Å²) in [7, 11) is 0. The molecule has 0 spiro atoms. The molecule has 5 heteroatoms. The molecule has 5 nitrogen and oxygen atoms in total. The van der Waals surface area contributed by atoms with Gasteiger partial charge in [0.2, 0.25) is 0 Å². The van der Waals surface area contributed by atoms with Crippen molar-refractivity contribution in [2.24, 2.45) is 5.92 Å². The summed E-state index contributed by atoms with van der Waals surface area (Å²) < 4.78 is 0. The Morgan fingerprint density at radius 1 is 1.24 bits per heavy atom. The van der Waals surface area contributed by atoms with Gasteiger partial charge in [0, 0.05) is 55.4 Å². The Hall–Kier alpha value is -2.53. The van der Waals surface area contributed by atoms with E-state index in [1.54, 1.807) is 0 Å². The van der Waals surface area contributed by atoms with Crippen molar-refractivity contribution in [3.63, 3.8) is 0 Å². The minimum atomic E-state index is 0.541. The third-order valence-corrected chi connectivity index (χ3v) is 4.77. The van der Waals surface area contributed by atoms with Crippen LogP contribution in [0.1, 0.15) is 23.9 Å². The summed E-state index contributed by atoms with van der Waals surface area (Å²) in [6.45, 7) is 7.29. The number of nitrogens with one attached hydrogen (secondary N) is 1. The Labute approximate surface area is 147 Å². The summed E-state index contributed by atoms with van der Waals surface area (Å²) in [6, 6.07) is 4.14. The third kappa shape index (κ3) is 3.46. The maximum atomic E-state index is 4.41. The molecule has 3 aromatic heterocycles. The molecule has 128 valence electrons. The number of hydrogen-bond acceptors (Lipinski definition) is 4. The number of aromatic nitrogens is 4. The zero-order valence-corrected chi connectivity index (χ0v) is 14.7. The predicted molar refractivity (Wildman–Crippen MR) is 100 cm³/mol. The smallest absolute Gasteiger partial charge is 0.137 e. The summed E-state index contributed by atoms with van der Waals surface area (Å²) in [4.78, 5) is 18.8. The number of hydrogen-bond donors (Lipinski definition) is 1. The molecule has 1 N–H and O–H groups in total. The molecule has 0 unspecified atom stereocenters. The number of rotatable bonds is 4. The van der Waals surface area contributed by atoms with Crippen LogP contribution in [0.4, 0.5) is 0 Å². The van der Waals surface area contributed by atoms with Crippen molar-refractivity contribution in [1.82, 2.24) is 24.8 Å². The minimum absolute atomic E-state index is 0.541. The normalized spacial score (nSPS) is 18.5. The van der Waals surface area contributed by atoms with Crippen molar-refractivity contribution in [3.8, 4) is 0 Å². The Morgan fingerprint density at radius 2 is 2.08 bits per heavy atom. The number of pyridine rings is 1. The van der Waals surface area contributed by atoms with Crippen LogP contribution in [-0.4, -0.2) is 44.5 Å². The lowest BCUT2D eigenvalue weighted by Gasteiger charge is -2.30. The number of H-pyrrole nitrogens is 1. The molecule has 0 aliphatic carbocycles. The van der Waals surface area contributed by atoms with Crippen LogP contribution in [0.15, 0.2) is 43.0 Å². The van der Waals surface area contributed by atoms with E-state index in [1.807, 2.05) is 31.6 Å². The lowest BCUT2D eigenvalue weighted by Crippen LogP contribution is -2.35. The Kier molecular flexibility index (Phi) is 4.32. The predicted octanol–water partition coefficient (Wildman–Crippen LogP) is 3.24. The van der Waals surface area contributed by atoms with E-state index < -0.39 is 0 Å². The Bertz CT molecular complexity index is 894. The molecule has 25 heavy (non-hydrogen) atoms. The van der Waals surface area contributed by atoms with Gasteiger partial charge in [-0.2, -0.15) is 0 Å². The first-order valence-corrected chi connectivity index (χ1v) is 8.82. The van der Waals surface area contributed by atoms with E-state index in [9.17, 15) is 0 Å². The fourth-order valence-electron chi connectivity index (χ4n) is 3.56. The zero-order chi connectivity index (χ0) is 17.2.